The zero-order valence-corrected chi connectivity index (χ0v) is 18.5. The molecule has 0 unspecified atom stereocenters. The Hall–Kier alpha value is -2.75. The van der Waals surface area contributed by atoms with E-state index in [1.165, 1.54) is 49.6 Å². The molecule has 0 aliphatic carbocycles. The van der Waals surface area contributed by atoms with E-state index in [2.05, 4.69) is 9.44 Å². The Morgan fingerprint density at radius 2 is 1.33 bits per heavy atom. The molecule has 0 bridgehead atoms. The third-order valence-electron chi connectivity index (χ3n) is 4.23. The van der Waals surface area contributed by atoms with Gasteiger partial charge in [-0.05, 0) is 73.2 Å². The normalized spacial score (nSPS) is 11.7. The fourth-order valence-electron chi connectivity index (χ4n) is 2.57. The number of aryl methyl sites for hydroxylation is 1. The van der Waals surface area contributed by atoms with Gasteiger partial charge in [0.1, 0.15) is 5.75 Å². The highest BCUT2D eigenvalue weighted by atomic mass is 35.5. The zero-order chi connectivity index (χ0) is 21.9. The van der Waals surface area contributed by atoms with Crippen LogP contribution in [0.3, 0.4) is 0 Å². The lowest BCUT2D eigenvalue weighted by atomic mass is 10.2. The first kappa shape index (κ1) is 21.9. The van der Waals surface area contributed by atoms with Crippen LogP contribution in [0.1, 0.15) is 5.56 Å². The van der Waals surface area contributed by atoms with Crippen molar-refractivity contribution in [2.24, 2.45) is 0 Å². The SMILES string of the molecule is COc1ccc(NS(=O)(=O)c2ccc(C)c(NS(=O)(=O)c3ccc(Cl)cc3)c2)cc1. The first-order valence-corrected chi connectivity index (χ1v) is 12.0. The molecule has 0 aromatic heterocycles. The summed E-state index contributed by atoms with van der Waals surface area (Å²) in [7, 11) is -6.35. The number of anilines is 2. The highest BCUT2D eigenvalue weighted by Gasteiger charge is 2.19. The Balaban J connectivity index is 1.89. The maximum atomic E-state index is 12.8. The predicted molar refractivity (Wildman–Crippen MR) is 117 cm³/mol. The lowest BCUT2D eigenvalue weighted by molar-refractivity contribution is 0.415. The van der Waals surface area contributed by atoms with Crippen molar-refractivity contribution in [3.8, 4) is 5.75 Å². The summed E-state index contributed by atoms with van der Waals surface area (Å²) in [5.41, 5.74) is 1.07. The van der Waals surface area contributed by atoms with E-state index >= 15 is 0 Å². The van der Waals surface area contributed by atoms with E-state index in [0.29, 0.717) is 22.0 Å². The number of hydrogen-bond acceptors (Lipinski definition) is 5. The molecule has 0 saturated carbocycles. The Morgan fingerprint density at radius 3 is 1.93 bits per heavy atom. The molecule has 0 fully saturated rings. The molecule has 0 heterocycles. The van der Waals surface area contributed by atoms with Crippen molar-refractivity contribution in [2.45, 2.75) is 16.7 Å². The van der Waals surface area contributed by atoms with E-state index in [9.17, 15) is 16.8 Å². The largest absolute Gasteiger partial charge is 0.497 e. The minimum absolute atomic E-state index is 0.0101. The van der Waals surface area contributed by atoms with Gasteiger partial charge in [0, 0.05) is 10.7 Å². The van der Waals surface area contributed by atoms with Crippen LogP contribution in [0.5, 0.6) is 5.75 Å². The molecular weight excluding hydrogens is 448 g/mol. The Labute approximate surface area is 180 Å². The van der Waals surface area contributed by atoms with Gasteiger partial charge in [-0.3, -0.25) is 9.44 Å². The van der Waals surface area contributed by atoms with Crippen LogP contribution in [-0.4, -0.2) is 23.9 Å². The van der Waals surface area contributed by atoms with Gasteiger partial charge >= 0.3 is 0 Å². The van der Waals surface area contributed by atoms with Crippen LogP contribution >= 0.6 is 11.6 Å². The van der Waals surface area contributed by atoms with Crippen molar-refractivity contribution in [3.63, 3.8) is 0 Å². The molecule has 0 saturated heterocycles. The van der Waals surface area contributed by atoms with Gasteiger partial charge in [-0.2, -0.15) is 0 Å². The second kappa shape index (κ2) is 8.55. The second-order valence-electron chi connectivity index (χ2n) is 6.37. The fourth-order valence-corrected chi connectivity index (χ4v) is 4.90. The molecule has 3 rings (SSSR count). The molecular formula is C20H19ClN2O5S2. The molecule has 3 aromatic rings. The number of sulfonamides is 2. The highest BCUT2D eigenvalue weighted by molar-refractivity contribution is 7.93. The van der Waals surface area contributed by atoms with Crippen molar-refractivity contribution >= 4 is 43.0 Å². The first-order valence-electron chi connectivity index (χ1n) is 8.67. The van der Waals surface area contributed by atoms with E-state index in [1.807, 2.05) is 0 Å². The van der Waals surface area contributed by atoms with Gasteiger partial charge in [0.25, 0.3) is 20.0 Å². The van der Waals surface area contributed by atoms with Gasteiger partial charge < -0.3 is 4.74 Å². The molecule has 0 radical (unpaired) electrons. The Morgan fingerprint density at radius 1 is 0.767 bits per heavy atom. The van der Waals surface area contributed by atoms with Crippen molar-refractivity contribution in [2.75, 3.05) is 16.6 Å². The van der Waals surface area contributed by atoms with Gasteiger partial charge in [0.05, 0.1) is 22.6 Å². The summed E-state index contributed by atoms with van der Waals surface area (Å²) in [5, 5.41) is 0.405. The van der Waals surface area contributed by atoms with Crippen molar-refractivity contribution in [1.29, 1.82) is 0 Å². The monoisotopic (exact) mass is 466 g/mol. The van der Waals surface area contributed by atoms with Gasteiger partial charge in [-0.15, -0.1) is 0 Å². The number of methoxy groups -OCH3 is 1. The summed E-state index contributed by atoms with van der Waals surface area (Å²) in [4.78, 5) is -0.0753. The standard InChI is InChI=1S/C20H19ClN2O5S2/c1-14-3-10-19(30(26,27)22-16-6-8-17(28-2)9-7-16)13-20(14)23-29(24,25)18-11-4-15(21)5-12-18/h3-13,22-23H,1-2H3. The molecule has 158 valence electrons. The minimum atomic E-state index is -3.94. The summed E-state index contributed by atoms with van der Waals surface area (Å²) in [6, 6.07) is 16.2. The van der Waals surface area contributed by atoms with E-state index in [0.717, 1.165) is 0 Å². The molecule has 2 N–H and O–H groups in total. The molecule has 0 spiro atoms. The van der Waals surface area contributed by atoms with Gasteiger partial charge in [0.15, 0.2) is 0 Å². The lowest BCUT2D eigenvalue weighted by Gasteiger charge is -2.14. The summed E-state index contributed by atoms with van der Waals surface area (Å²) < 4.78 is 60.8. The van der Waals surface area contributed by atoms with Crippen LogP contribution < -0.4 is 14.2 Å². The number of benzene rings is 3. The summed E-state index contributed by atoms with van der Waals surface area (Å²) in [5.74, 6) is 0.590. The molecule has 3 aromatic carbocycles. The van der Waals surface area contributed by atoms with Crippen molar-refractivity contribution in [1.82, 2.24) is 0 Å². The lowest BCUT2D eigenvalue weighted by Crippen LogP contribution is -2.16. The average molecular weight is 467 g/mol. The molecule has 0 aliphatic heterocycles. The van der Waals surface area contributed by atoms with Gasteiger partial charge in [-0.1, -0.05) is 17.7 Å². The molecule has 0 atom stereocenters. The quantitative estimate of drug-likeness (QED) is 0.541. The number of ether oxygens (including phenoxy) is 1. The Bertz CT molecular complexity index is 1260. The predicted octanol–water partition coefficient (Wildman–Crippen LogP) is 4.26. The number of nitrogens with one attached hydrogen (secondary N) is 2. The second-order valence-corrected chi connectivity index (χ2v) is 10.2. The maximum Gasteiger partial charge on any atom is 0.261 e. The molecule has 30 heavy (non-hydrogen) atoms. The molecule has 0 amide bonds. The average Bonchev–Trinajstić information content (AvgIpc) is 2.70. The third-order valence-corrected chi connectivity index (χ3v) is 7.24. The summed E-state index contributed by atoms with van der Waals surface area (Å²) >= 11 is 5.81. The summed E-state index contributed by atoms with van der Waals surface area (Å²) in [6.07, 6.45) is 0. The van der Waals surface area contributed by atoms with Gasteiger partial charge in [-0.25, -0.2) is 16.8 Å². The van der Waals surface area contributed by atoms with Crippen LogP contribution in [-0.2, 0) is 20.0 Å². The highest BCUT2D eigenvalue weighted by Crippen LogP contribution is 2.26. The van der Waals surface area contributed by atoms with Gasteiger partial charge in [0.2, 0.25) is 0 Å². The smallest absolute Gasteiger partial charge is 0.261 e. The fraction of sp³-hybridized carbons (Fsp3) is 0.100. The topological polar surface area (TPSA) is 102 Å². The minimum Gasteiger partial charge on any atom is -0.497 e. The first-order chi connectivity index (χ1) is 14.1. The summed E-state index contributed by atoms with van der Waals surface area (Å²) in [6.45, 7) is 1.67. The number of halogens is 1. The van der Waals surface area contributed by atoms with Crippen LogP contribution in [0.15, 0.2) is 76.5 Å². The molecule has 10 heteroatoms. The third kappa shape index (κ3) is 5.05. The maximum absolute atomic E-state index is 12.8. The van der Waals surface area contributed by atoms with Crippen LogP contribution in [0.2, 0.25) is 5.02 Å². The van der Waals surface area contributed by atoms with E-state index in [1.54, 1.807) is 31.2 Å². The van der Waals surface area contributed by atoms with Crippen molar-refractivity contribution in [3.05, 3.63) is 77.3 Å². The van der Waals surface area contributed by atoms with Crippen LogP contribution in [0.25, 0.3) is 0 Å². The molecule has 7 nitrogen and oxygen atoms in total. The van der Waals surface area contributed by atoms with Crippen LogP contribution in [0, 0.1) is 6.92 Å². The Kier molecular flexibility index (Phi) is 6.25. The van der Waals surface area contributed by atoms with E-state index < -0.39 is 20.0 Å². The van der Waals surface area contributed by atoms with E-state index in [4.69, 9.17) is 16.3 Å². The zero-order valence-electron chi connectivity index (χ0n) is 16.1. The van der Waals surface area contributed by atoms with E-state index in [-0.39, 0.29) is 15.5 Å². The number of rotatable bonds is 7. The number of hydrogen-bond donors (Lipinski definition) is 2. The van der Waals surface area contributed by atoms with Crippen LogP contribution in [0.4, 0.5) is 11.4 Å². The molecule has 0 aliphatic rings. The van der Waals surface area contributed by atoms with Crippen molar-refractivity contribution < 1.29 is 21.6 Å².